The minimum atomic E-state index is -6.70. The third-order valence-corrected chi connectivity index (χ3v) is 6.14. The summed E-state index contributed by atoms with van der Waals surface area (Å²) < 4.78 is 153. The van der Waals surface area contributed by atoms with E-state index in [2.05, 4.69) is 16.1 Å². The van der Waals surface area contributed by atoms with Crippen molar-refractivity contribution >= 4 is 5.97 Å². The topological polar surface area (TPSA) is 55.8 Å². The number of ether oxygens (including phenoxy) is 2. The molecule has 1 saturated heterocycles. The molecule has 2 rings (SSSR count). The zero-order valence-electron chi connectivity index (χ0n) is 16.6. The van der Waals surface area contributed by atoms with Crippen LogP contribution in [-0.4, -0.2) is 52.3 Å². The monoisotopic (exact) mass is 490 g/mol. The Hall–Kier alpha value is -1.57. The molecule has 1 aliphatic carbocycles. The summed E-state index contributed by atoms with van der Waals surface area (Å²) in [7, 11) is 0. The molecule has 0 aromatic heterocycles. The molecule has 0 aromatic rings. The largest absolute Gasteiger partial charge is 0.449 e. The highest BCUT2D eigenvalue weighted by atomic mass is 19.4. The Bertz CT molecular complexity index is 743. The molecule has 0 spiro atoms. The predicted molar refractivity (Wildman–Crippen MR) is 86.7 cm³/mol. The van der Waals surface area contributed by atoms with Gasteiger partial charge in [-0.2, -0.15) is 43.9 Å². The molecule has 2 fully saturated rings. The molecule has 1 saturated carbocycles. The van der Waals surface area contributed by atoms with Crippen molar-refractivity contribution in [3.63, 3.8) is 0 Å². The first kappa shape index (κ1) is 26.7. The summed E-state index contributed by atoms with van der Waals surface area (Å²) in [5.74, 6) is -22.8. The number of halogens is 10. The molecular weight excluding hydrogens is 470 g/mol. The van der Waals surface area contributed by atoms with Gasteiger partial charge >= 0.3 is 36.0 Å². The standard InChI is InChI=1S/C18H20F10O4/c1-3-11(29)31-13(10-8-6-5-7-9-10)14(19,20)12(4-2,17(23,24)25)32-16(30,15(13,21)22)18(26,27)28/h3,10,30H,1,4-9H2,2H3. The van der Waals surface area contributed by atoms with Crippen molar-refractivity contribution in [2.45, 2.75) is 86.6 Å². The van der Waals surface area contributed by atoms with Crippen molar-refractivity contribution in [1.29, 1.82) is 0 Å². The Kier molecular flexibility index (Phi) is 6.46. The number of rotatable bonds is 4. The van der Waals surface area contributed by atoms with Crippen LogP contribution in [0.3, 0.4) is 0 Å². The van der Waals surface area contributed by atoms with Crippen LogP contribution < -0.4 is 0 Å². The molecule has 186 valence electrons. The zero-order valence-corrected chi connectivity index (χ0v) is 16.6. The van der Waals surface area contributed by atoms with Crippen LogP contribution in [0.15, 0.2) is 12.7 Å². The Labute approximate surface area is 175 Å². The third-order valence-electron chi connectivity index (χ3n) is 6.14. The molecule has 0 radical (unpaired) electrons. The first-order valence-electron chi connectivity index (χ1n) is 9.50. The smallest absolute Gasteiger partial charge is 0.442 e. The zero-order chi connectivity index (χ0) is 25.0. The highest BCUT2D eigenvalue weighted by Crippen LogP contribution is 2.69. The summed E-state index contributed by atoms with van der Waals surface area (Å²) in [4.78, 5) is 11.8. The Balaban J connectivity index is 3.07. The van der Waals surface area contributed by atoms with Crippen LogP contribution in [0.1, 0.15) is 45.4 Å². The minimum absolute atomic E-state index is 0.0417. The summed E-state index contributed by atoms with van der Waals surface area (Å²) in [6.07, 6.45) is -16.5. The van der Waals surface area contributed by atoms with Gasteiger partial charge in [-0.1, -0.05) is 32.8 Å². The summed E-state index contributed by atoms with van der Waals surface area (Å²) >= 11 is 0. The van der Waals surface area contributed by atoms with Crippen LogP contribution >= 0.6 is 0 Å². The van der Waals surface area contributed by atoms with Crippen molar-refractivity contribution in [2.75, 3.05) is 0 Å². The molecule has 3 atom stereocenters. The van der Waals surface area contributed by atoms with Crippen LogP contribution in [0, 0.1) is 5.92 Å². The molecule has 32 heavy (non-hydrogen) atoms. The average molecular weight is 490 g/mol. The fourth-order valence-corrected chi connectivity index (χ4v) is 4.53. The fourth-order valence-electron chi connectivity index (χ4n) is 4.53. The van der Waals surface area contributed by atoms with E-state index in [0.29, 0.717) is 6.92 Å². The molecule has 0 bridgehead atoms. The SMILES string of the molecule is C=CC(=O)OC1(C2CCCCC2)C(F)(F)C(O)(C(F)(F)F)OC(CC)(C(F)(F)F)C1(F)F. The van der Waals surface area contributed by atoms with E-state index in [4.69, 9.17) is 0 Å². The molecular formula is C18H20F10O4. The predicted octanol–water partition coefficient (Wildman–Crippen LogP) is 5.30. The lowest BCUT2D eigenvalue weighted by molar-refractivity contribution is -0.563. The van der Waals surface area contributed by atoms with Crippen LogP contribution in [0.5, 0.6) is 0 Å². The van der Waals surface area contributed by atoms with E-state index in [0.717, 1.165) is 0 Å². The van der Waals surface area contributed by atoms with Gasteiger partial charge < -0.3 is 14.6 Å². The van der Waals surface area contributed by atoms with Gasteiger partial charge in [0.25, 0.3) is 5.60 Å². The minimum Gasteiger partial charge on any atom is -0.442 e. The Morgan fingerprint density at radius 1 is 1.03 bits per heavy atom. The highest BCUT2D eigenvalue weighted by molar-refractivity contribution is 5.82. The van der Waals surface area contributed by atoms with Gasteiger partial charge in [-0.05, 0) is 19.3 Å². The number of aliphatic hydroxyl groups is 1. The van der Waals surface area contributed by atoms with E-state index in [1.807, 2.05) is 0 Å². The molecule has 1 aliphatic heterocycles. The summed E-state index contributed by atoms with van der Waals surface area (Å²) in [6.45, 7) is 3.11. The fraction of sp³-hybridized carbons (Fsp3) is 0.833. The second-order valence-corrected chi connectivity index (χ2v) is 7.77. The summed E-state index contributed by atoms with van der Waals surface area (Å²) in [6, 6.07) is 0. The molecule has 2 aliphatic rings. The number of carbonyl (C=O) groups is 1. The number of hydrogen-bond acceptors (Lipinski definition) is 4. The number of esters is 1. The first-order valence-corrected chi connectivity index (χ1v) is 9.50. The molecule has 0 aromatic carbocycles. The second kappa shape index (κ2) is 7.74. The quantitative estimate of drug-likeness (QED) is 0.330. The van der Waals surface area contributed by atoms with Gasteiger partial charge in [0.2, 0.25) is 5.60 Å². The lowest BCUT2D eigenvalue weighted by Gasteiger charge is -2.62. The summed E-state index contributed by atoms with van der Waals surface area (Å²) in [5, 5.41) is 9.90. The van der Waals surface area contributed by atoms with Crippen molar-refractivity contribution in [1.82, 2.24) is 0 Å². The molecule has 3 unspecified atom stereocenters. The maximum absolute atomic E-state index is 15.7. The normalized spacial score (nSPS) is 35.9. The van der Waals surface area contributed by atoms with Crippen molar-refractivity contribution in [3.8, 4) is 0 Å². The van der Waals surface area contributed by atoms with Gasteiger partial charge in [0, 0.05) is 12.0 Å². The number of alkyl halides is 10. The number of carbonyl (C=O) groups excluding carboxylic acids is 1. The second-order valence-electron chi connectivity index (χ2n) is 7.77. The molecule has 0 amide bonds. The van der Waals surface area contributed by atoms with E-state index >= 15 is 17.6 Å². The maximum Gasteiger partial charge on any atom is 0.449 e. The highest BCUT2D eigenvalue weighted by Gasteiger charge is 2.97. The maximum atomic E-state index is 15.7. The molecule has 4 nitrogen and oxygen atoms in total. The lowest BCUT2D eigenvalue weighted by atomic mass is 9.61. The Morgan fingerprint density at radius 2 is 1.53 bits per heavy atom. The third kappa shape index (κ3) is 3.15. The van der Waals surface area contributed by atoms with E-state index in [1.54, 1.807) is 0 Å². The van der Waals surface area contributed by atoms with Crippen molar-refractivity contribution in [2.24, 2.45) is 5.92 Å². The van der Waals surface area contributed by atoms with Crippen LogP contribution in [0.4, 0.5) is 43.9 Å². The van der Waals surface area contributed by atoms with E-state index in [-0.39, 0.29) is 25.3 Å². The lowest BCUT2D eigenvalue weighted by Crippen LogP contribution is -2.89. The first-order chi connectivity index (χ1) is 14.3. The molecule has 14 heteroatoms. The van der Waals surface area contributed by atoms with Crippen LogP contribution in [0.25, 0.3) is 0 Å². The van der Waals surface area contributed by atoms with Gasteiger partial charge in [-0.3, -0.25) is 0 Å². The van der Waals surface area contributed by atoms with Gasteiger partial charge in [0.05, 0.1) is 0 Å². The van der Waals surface area contributed by atoms with Gasteiger partial charge in [-0.25, -0.2) is 4.79 Å². The molecule has 1 heterocycles. The van der Waals surface area contributed by atoms with Gasteiger partial charge in [0.1, 0.15) is 0 Å². The van der Waals surface area contributed by atoms with E-state index in [1.165, 1.54) is 0 Å². The van der Waals surface area contributed by atoms with Crippen LogP contribution in [0.2, 0.25) is 0 Å². The van der Waals surface area contributed by atoms with Crippen molar-refractivity contribution in [3.05, 3.63) is 12.7 Å². The summed E-state index contributed by atoms with van der Waals surface area (Å²) in [5.41, 5.74) is -10.3. The average Bonchev–Trinajstić information content (AvgIpc) is 2.67. The van der Waals surface area contributed by atoms with Gasteiger partial charge in [-0.15, -0.1) is 0 Å². The van der Waals surface area contributed by atoms with Gasteiger partial charge in [0.15, 0.2) is 0 Å². The van der Waals surface area contributed by atoms with Crippen LogP contribution in [-0.2, 0) is 14.3 Å². The Morgan fingerprint density at radius 3 is 1.91 bits per heavy atom. The van der Waals surface area contributed by atoms with Crippen molar-refractivity contribution < 1.29 is 63.3 Å². The van der Waals surface area contributed by atoms with E-state index < -0.39 is 72.3 Å². The van der Waals surface area contributed by atoms with E-state index in [9.17, 15) is 36.2 Å². The molecule has 1 N–H and O–H groups in total. The number of hydrogen-bond donors (Lipinski definition) is 1.